The molecule has 0 spiro atoms. The van der Waals surface area contributed by atoms with Crippen molar-refractivity contribution in [3.63, 3.8) is 0 Å². The van der Waals surface area contributed by atoms with E-state index < -0.39 is 35.5 Å². The van der Waals surface area contributed by atoms with Gasteiger partial charge in [0.15, 0.2) is 0 Å². The molecule has 0 aliphatic heterocycles. The normalized spacial score (nSPS) is 15.8. The van der Waals surface area contributed by atoms with Gasteiger partial charge in [0.25, 0.3) is 0 Å². The number of rotatable bonds is 6. The van der Waals surface area contributed by atoms with Crippen LogP contribution in [-0.2, 0) is 19.4 Å². The van der Waals surface area contributed by atoms with Crippen molar-refractivity contribution in [2.45, 2.75) is 56.3 Å². The van der Waals surface area contributed by atoms with E-state index in [1.54, 1.807) is 10.4 Å². The first-order valence-electron chi connectivity index (χ1n) is 12.2. The van der Waals surface area contributed by atoms with Gasteiger partial charge in [-0.3, -0.25) is 0 Å². The summed E-state index contributed by atoms with van der Waals surface area (Å²) in [7, 11) is 10.5. The molecule has 0 saturated heterocycles. The monoisotopic (exact) mass is 599 g/mol. The number of halogens is 2. The van der Waals surface area contributed by atoms with Gasteiger partial charge in [-0.05, 0) is 0 Å². The number of fused-ring (bicyclic) bond motifs is 1. The molecule has 0 heterocycles. The van der Waals surface area contributed by atoms with E-state index in [0.29, 0.717) is 0 Å². The molecule has 1 aliphatic carbocycles. The average molecular weight is 602 g/mol. The first kappa shape index (κ1) is 26.4. The van der Waals surface area contributed by atoms with Crippen molar-refractivity contribution in [3.8, 4) is 22.3 Å². The second-order valence-corrected chi connectivity index (χ2v) is 30.4. The molecule has 5 heteroatoms. The van der Waals surface area contributed by atoms with Gasteiger partial charge in [0, 0.05) is 0 Å². The van der Waals surface area contributed by atoms with Crippen molar-refractivity contribution >= 4 is 49.6 Å². The molecular weight excluding hydrogens is 567 g/mol. The zero-order valence-electron chi connectivity index (χ0n) is 21.4. The molecule has 1 unspecified atom stereocenters. The van der Waals surface area contributed by atoms with Crippen molar-refractivity contribution in [3.05, 3.63) is 77.4 Å². The summed E-state index contributed by atoms with van der Waals surface area (Å²) in [5.74, 6) is 0. The Bertz CT molecular complexity index is 1200. The Balaban J connectivity index is 2.10. The molecule has 0 saturated carbocycles. The summed E-state index contributed by atoms with van der Waals surface area (Å²) in [6.45, 7) is 17.0. The summed E-state index contributed by atoms with van der Waals surface area (Å²) >= 11 is -2.54. The SMILES string of the molecule is CCC1=Cc2c(ccc(-c3ccccc3)c2-c2cc([Si](C)(C)C)cc([Si](C)(C)C)c2)[CH]1[Zr]([Cl])[Cl]. The summed E-state index contributed by atoms with van der Waals surface area (Å²) in [5, 5.41) is 3.08. The van der Waals surface area contributed by atoms with Gasteiger partial charge < -0.3 is 0 Å². The maximum atomic E-state index is 6.74. The fourth-order valence-electron chi connectivity index (χ4n) is 4.88. The van der Waals surface area contributed by atoms with E-state index in [1.807, 2.05) is 0 Å². The third-order valence-electron chi connectivity index (χ3n) is 6.96. The Labute approximate surface area is 223 Å². The third kappa shape index (κ3) is 5.20. The second kappa shape index (κ2) is 9.98. The molecule has 177 valence electrons. The van der Waals surface area contributed by atoms with E-state index in [0.717, 1.165) is 6.42 Å². The van der Waals surface area contributed by atoms with Gasteiger partial charge in [-0.15, -0.1) is 0 Å². The predicted octanol–water partition coefficient (Wildman–Crippen LogP) is 8.88. The molecule has 0 radical (unpaired) electrons. The first-order chi connectivity index (χ1) is 15.9. The van der Waals surface area contributed by atoms with Gasteiger partial charge in [-0.2, -0.15) is 0 Å². The molecule has 1 aliphatic rings. The minimum absolute atomic E-state index is 0.256. The van der Waals surface area contributed by atoms with Crippen molar-refractivity contribution in [1.29, 1.82) is 0 Å². The molecule has 0 amide bonds. The molecule has 4 rings (SSSR count). The fraction of sp³-hybridized carbons (Fsp3) is 0.310. The summed E-state index contributed by atoms with van der Waals surface area (Å²) in [4.78, 5) is 0. The van der Waals surface area contributed by atoms with Crippen LogP contribution in [-0.4, -0.2) is 16.1 Å². The Morgan fingerprint density at radius 3 is 1.85 bits per heavy atom. The van der Waals surface area contributed by atoms with E-state index in [1.165, 1.54) is 39.0 Å². The van der Waals surface area contributed by atoms with Crippen LogP contribution in [0.25, 0.3) is 28.3 Å². The fourth-order valence-corrected chi connectivity index (χ4v) is 13.0. The summed E-state index contributed by atoms with van der Waals surface area (Å²) in [6, 6.07) is 23.0. The summed E-state index contributed by atoms with van der Waals surface area (Å²) in [6.07, 6.45) is 3.42. The van der Waals surface area contributed by atoms with E-state index in [4.69, 9.17) is 17.0 Å². The van der Waals surface area contributed by atoms with Gasteiger partial charge in [0.2, 0.25) is 0 Å². The standard InChI is InChI=1S/C29H35Si2.2ClH.Zr/c1-8-21-16-23-14-15-27(22-12-10-9-11-13-22)29(28(23)17-21)24-18-25(30(2,3)4)20-26(19-24)31(5,6)7;;;/h9-20H,8H2,1-7H3;2*1H;/q;;;+2/p-2. The zero-order chi connectivity index (χ0) is 24.8. The number of benzene rings is 3. The molecule has 0 N–H and O–H groups in total. The van der Waals surface area contributed by atoms with Gasteiger partial charge in [0.05, 0.1) is 0 Å². The van der Waals surface area contributed by atoms with Gasteiger partial charge in [-0.25, -0.2) is 0 Å². The van der Waals surface area contributed by atoms with Gasteiger partial charge >= 0.3 is 225 Å². The van der Waals surface area contributed by atoms with E-state index in [-0.39, 0.29) is 3.63 Å². The van der Waals surface area contributed by atoms with E-state index in [2.05, 4.69) is 113 Å². The number of hydrogen-bond donors (Lipinski definition) is 0. The summed E-state index contributed by atoms with van der Waals surface area (Å²) < 4.78 is 0.256. The Kier molecular flexibility index (Phi) is 7.74. The van der Waals surface area contributed by atoms with Crippen LogP contribution in [0.2, 0.25) is 39.3 Å². The van der Waals surface area contributed by atoms with E-state index in [9.17, 15) is 0 Å². The van der Waals surface area contributed by atoms with Crippen LogP contribution in [0.3, 0.4) is 0 Å². The van der Waals surface area contributed by atoms with E-state index >= 15 is 0 Å². The second-order valence-electron chi connectivity index (χ2n) is 11.5. The van der Waals surface area contributed by atoms with Gasteiger partial charge in [0.1, 0.15) is 0 Å². The quantitative estimate of drug-likeness (QED) is 0.248. The summed E-state index contributed by atoms with van der Waals surface area (Å²) in [5.41, 5.74) is 9.38. The Morgan fingerprint density at radius 2 is 1.35 bits per heavy atom. The van der Waals surface area contributed by atoms with Crippen LogP contribution in [0, 0.1) is 0 Å². The Hall–Kier alpha value is -0.703. The van der Waals surface area contributed by atoms with Crippen LogP contribution in [0.5, 0.6) is 0 Å². The van der Waals surface area contributed by atoms with Crippen LogP contribution < -0.4 is 10.4 Å². The third-order valence-corrected chi connectivity index (χ3v) is 16.3. The number of allylic oxidation sites excluding steroid dienone is 1. The van der Waals surface area contributed by atoms with Crippen molar-refractivity contribution in [2.75, 3.05) is 0 Å². The molecule has 1 atom stereocenters. The average Bonchev–Trinajstić information content (AvgIpc) is 3.16. The first-order valence-corrected chi connectivity index (χ1v) is 26.9. The molecular formula is C29H35Cl2Si2Zr. The number of hydrogen-bond acceptors (Lipinski definition) is 0. The van der Waals surface area contributed by atoms with Crippen LogP contribution in [0.1, 0.15) is 28.1 Å². The molecule has 0 bridgehead atoms. The van der Waals surface area contributed by atoms with Crippen molar-refractivity contribution in [1.82, 2.24) is 0 Å². The Morgan fingerprint density at radius 1 is 0.765 bits per heavy atom. The van der Waals surface area contributed by atoms with Crippen molar-refractivity contribution in [2.24, 2.45) is 0 Å². The molecule has 0 aromatic heterocycles. The zero-order valence-corrected chi connectivity index (χ0v) is 27.4. The van der Waals surface area contributed by atoms with Crippen molar-refractivity contribution < 1.29 is 19.4 Å². The molecule has 0 fully saturated rings. The molecule has 34 heavy (non-hydrogen) atoms. The van der Waals surface area contributed by atoms with Crippen LogP contribution in [0.4, 0.5) is 0 Å². The molecule has 3 aromatic carbocycles. The minimum atomic E-state index is -2.54. The van der Waals surface area contributed by atoms with Crippen LogP contribution >= 0.6 is 17.0 Å². The predicted molar refractivity (Wildman–Crippen MR) is 156 cm³/mol. The van der Waals surface area contributed by atoms with Gasteiger partial charge in [-0.1, -0.05) is 0 Å². The molecule has 0 nitrogen and oxygen atoms in total. The maximum absolute atomic E-state index is 6.74. The topological polar surface area (TPSA) is 0 Å². The van der Waals surface area contributed by atoms with Crippen LogP contribution in [0.15, 0.2) is 66.2 Å². The molecule has 3 aromatic rings.